The van der Waals surface area contributed by atoms with Gasteiger partial charge in [0, 0.05) is 30.8 Å². The normalized spacial score (nSPS) is 10.3. The molecular formula is C18H19N5O8. The summed E-state index contributed by atoms with van der Waals surface area (Å²) >= 11 is 0. The first kappa shape index (κ1) is 23.2. The zero-order chi connectivity index (χ0) is 23.0. The fraction of sp³-hybridized carbons (Fsp3) is 0.222. The van der Waals surface area contributed by atoms with Gasteiger partial charge in [-0.25, -0.2) is 0 Å². The third-order valence-electron chi connectivity index (χ3n) is 4.07. The second-order valence-electron chi connectivity index (χ2n) is 6.15. The number of carbonyl (C=O) groups is 2. The van der Waals surface area contributed by atoms with Crippen molar-refractivity contribution in [3.8, 4) is 0 Å². The highest BCUT2D eigenvalue weighted by atomic mass is 16.6. The van der Waals surface area contributed by atoms with Gasteiger partial charge in [0.15, 0.2) is 0 Å². The van der Waals surface area contributed by atoms with Crippen molar-refractivity contribution in [2.45, 2.75) is 0 Å². The number of aliphatic hydroxyl groups is 2. The van der Waals surface area contributed by atoms with Crippen LogP contribution in [-0.4, -0.2) is 63.1 Å². The third-order valence-corrected chi connectivity index (χ3v) is 4.07. The molecule has 0 saturated carbocycles. The molecule has 0 aliphatic carbocycles. The molecule has 0 saturated heterocycles. The molecule has 0 atom stereocenters. The molecule has 2 aromatic carbocycles. The number of nitrogens with one attached hydrogen (secondary N) is 2. The predicted molar refractivity (Wildman–Crippen MR) is 107 cm³/mol. The molecule has 0 aromatic heterocycles. The molecule has 2 aromatic rings. The number of anilines is 1. The van der Waals surface area contributed by atoms with E-state index in [1.165, 1.54) is 29.2 Å². The molecule has 2 amide bonds. The number of carbonyl (C=O) groups excluding carboxylic acids is 2. The Hall–Kier alpha value is -4.10. The Morgan fingerprint density at radius 3 is 1.84 bits per heavy atom. The van der Waals surface area contributed by atoms with Crippen molar-refractivity contribution in [1.29, 1.82) is 0 Å². The summed E-state index contributed by atoms with van der Waals surface area (Å²) in [5.74, 6) is -1.24. The third kappa shape index (κ3) is 6.19. The van der Waals surface area contributed by atoms with Crippen LogP contribution >= 0.6 is 0 Å². The van der Waals surface area contributed by atoms with Crippen LogP contribution in [0.5, 0.6) is 0 Å². The molecule has 0 aliphatic rings. The molecule has 0 bridgehead atoms. The molecule has 2 rings (SSSR count). The van der Waals surface area contributed by atoms with Crippen molar-refractivity contribution in [2.24, 2.45) is 0 Å². The van der Waals surface area contributed by atoms with Crippen LogP contribution in [0.2, 0.25) is 0 Å². The lowest BCUT2D eigenvalue weighted by Crippen LogP contribution is -2.35. The standard InChI is InChI=1S/C18H19N5O8/c24-7-5-21(6-8-25)18(27)12-1-3-14(4-2-12)19-20-17(26)13-9-15(22(28)29)11-16(10-13)23(30)31/h1-4,9-11,19,24-25H,5-8H2,(H,20,26). The molecular weight excluding hydrogens is 414 g/mol. The van der Waals surface area contributed by atoms with E-state index >= 15 is 0 Å². The summed E-state index contributed by atoms with van der Waals surface area (Å²) in [6, 6.07) is 8.41. The summed E-state index contributed by atoms with van der Waals surface area (Å²) < 4.78 is 0. The fourth-order valence-electron chi connectivity index (χ4n) is 2.57. The molecule has 0 radical (unpaired) electrons. The van der Waals surface area contributed by atoms with Gasteiger partial charge in [0.1, 0.15) is 0 Å². The number of hydrogen-bond acceptors (Lipinski definition) is 9. The Labute approximate surface area is 175 Å². The number of nitro groups is 2. The highest BCUT2D eigenvalue weighted by molar-refractivity contribution is 5.96. The molecule has 0 spiro atoms. The lowest BCUT2D eigenvalue weighted by atomic mass is 10.1. The first-order valence-electron chi connectivity index (χ1n) is 8.88. The van der Waals surface area contributed by atoms with E-state index in [2.05, 4.69) is 10.9 Å². The van der Waals surface area contributed by atoms with Crippen LogP contribution in [0.3, 0.4) is 0 Å². The van der Waals surface area contributed by atoms with Crippen molar-refractivity contribution >= 4 is 28.9 Å². The molecule has 0 heterocycles. The van der Waals surface area contributed by atoms with Gasteiger partial charge in [0.25, 0.3) is 23.2 Å². The molecule has 0 unspecified atom stereocenters. The zero-order valence-electron chi connectivity index (χ0n) is 16.1. The van der Waals surface area contributed by atoms with Crippen LogP contribution in [0.1, 0.15) is 20.7 Å². The smallest absolute Gasteiger partial charge is 0.277 e. The number of hydrazine groups is 1. The van der Waals surface area contributed by atoms with Crippen molar-refractivity contribution in [1.82, 2.24) is 10.3 Å². The maximum atomic E-state index is 12.4. The fourth-order valence-corrected chi connectivity index (χ4v) is 2.57. The minimum absolute atomic E-state index is 0.0603. The van der Waals surface area contributed by atoms with Crippen molar-refractivity contribution in [3.63, 3.8) is 0 Å². The molecule has 164 valence electrons. The molecule has 31 heavy (non-hydrogen) atoms. The zero-order valence-corrected chi connectivity index (χ0v) is 16.1. The second kappa shape index (κ2) is 10.6. The largest absolute Gasteiger partial charge is 0.395 e. The van der Waals surface area contributed by atoms with E-state index in [0.29, 0.717) is 5.69 Å². The minimum atomic E-state index is -0.844. The lowest BCUT2D eigenvalue weighted by Gasteiger charge is -2.20. The maximum absolute atomic E-state index is 12.4. The van der Waals surface area contributed by atoms with E-state index in [0.717, 1.165) is 18.2 Å². The Kier molecular flexibility index (Phi) is 7.94. The van der Waals surface area contributed by atoms with Gasteiger partial charge in [-0.2, -0.15) is 0 Å². The molecule has 0 fully saturated rings. The summed E-state index contributed by atoms with van der Waals surface area (Å²) in [6.07, 6.45) is 0. The van der Waals surface area contributed by atoms with Gasteiger partial charge in [0.05, 0.1) is 40.4 Å². The molecule has 13 heteroatoms. The first-order chi connectivity index (χ1) is 14.8. The predicted octanol–water partition coefficient (Wildman–Crippen LogP) is 0.687. The van der Waals surface area contributed by atoms with Gasteiger partial charge >= 0.3 is 0 Å². The van der Waals surface area contributed by atoms with E-state index < -0.39 is 33.0 Å². The van der Waals surface area contributed by atoms with Crippen molar-refractivity contribution in [2.75, 3.05) is 31.7 Å². The van der Waals surface area contributed by atoms with Crippen LogP contribution in [0.15, 0.2) is 42.5 Å². The van der Waals surface area contributed by atoms with E-state index in [1.807, 2.05) is 0 Å². The van der Waals surface area contributed by atoms with Crippen LogP contribution in [-0.2, 0) is 0 Å². The number of benzene rings is 2. The Morgan fingerprint density at radius 2 is 1.39 bits per heavy atom. The SMILES string of the molecule is O=C(NNc1ccc(C(=O)N(CCO)CCO)cc1)c1cc([N+](=O)[O-])cc([N+](=O)[O-])c1. The van der Waals surface area contributed by atoms with Gasteiger partial charge in [-0.05, 0) is 24.3 Å². The molecule has 0 aliphatic heterocycles. The Bertz CT molecular complexity index is 941. The van der Waals surface area contributed by atoms with E-state index in [4.69, 9.17) is 10.2 Å². The van der Waals surface area contributed by atoms with Gasteiger partial charge in [0.2, 0.25) is 0 Å². The number of nitro benzene ring substituents is 2. The highest BCUT2D eigenvalue weighted by Crippen LogP contribution is 2.22. The van der Waals surface area contributed by atoms with Crippen molar-refractivity contribution < 1.29 is 29.6 Å². The van der Waals surface area contributed by atoms with Gasteiger partial charge in [-0.1, -0.05) is 0 Å². The second-order valence-corrected chi connectivity index (χ2v) is 6.15. The monoisotopic (exact) mass is 433 g/mol. The Balaban J connectivity index is 2.08. The van der Waals surface area contributed by atoms with Gasteiger partial charge < -0.3 is 15.1 Å². The number of non-ortho nitro benzene ring substituents is 2. The van der Waals surface area contributed by atoms with Crippen LogP contribution in [0, 0.1) is 20.2 Å². The van der Waals surface area contributed by atoms with E-state index in [1.54, 1.807) is 0 Å². The van der Waals surface area contributed by atoms with Crippen LogP contribution in [0.4, 0.5) is 17.1 Å². The van der Waals surface area contributed by atoms with Crippen molar-refractivity contribution in [3.05, 3.63) is 73.8 Å². The molecule has 4 N–H and O–H groups in total. The van der Waals surface area contributed by atoms with E-state index in [9.17, 15) is 29.8 Å². The average Bonchev–Trinajstić information content (AvgIpc) is 2.76. The summed E-state index contributed by atoms with van der Waals surface area (Å²) in [4.78, 5) is 46.1. The summed E-state index contributed by atoms with van der Waals surface area (Å²) in [7, 11) is 0. The number of nitrogens with zero attached hydrogens (tertiary/aromatic N) is 3. The quantitative estimate of drug-likeness (QED) is 0.308. The topological polar surface area (TPSA) is 188 Å². The summed E-state index contributed by atoms with van der Waals surface area (Å²) in [5.41, 5.74) is 3.97. The van der Waals surface area contributed by atoms with Crippen LogP contribution in [0.25, 0.3) is 0 Å². The Morgan fingerprint density at radius 1 is 0.871 bits per heavy atom. The first-order valence-corrected chi connectivity index (χ1v) is 8.88. The number of rotatable bonds is 10. The number of amides is 2. The lowest BCUT2D eigenvalue weighted by molar-refractivity contribution is -0.394. The highest BCUT2D eigenvalue weighted by Gasteiger charge is 2.20. The van der Waals surface area contributed by atoms with Crippen LogP contribution < -0.4 is 10.9 Å². The summed E-state index contributed by atoms with van der Waals surface area (Å²) in [5, 5.41) is 39.9. The van der Waals surface area contributed by atoms with Gasteiger partial charge in [-0.15, -0.1) is 0 Å². The average molecular weight is 433 g/mol. The summed E-state index contributed by atoms with van der Waals surface area (Å²) in [6.45, 7) is -0.393. The number of hydrogen-bond donors (Lipinski definition) is 4. The van der Waals surface area contributed by atoms with E-state index in [-0.39, 0.29) is 37.4 Å². The minimum Gasteiger partial charge on any atom is -0.395 e. The molecule has 13 nitrogen and oxygen atoms in total. The maximum Gasteiger partial charge on any atom is 0.277 e. The van der Waals surface area contributed by atoms with Gasteiger partial charge in [-0.3, -0.25) is 40.7 Å². The number of aliphatic hydroxyl groups excluding tert-OH is 2.